The van der Waals surface area contributed by atoms with Crippen LogP contribution in [0.2, 0.25) is 0 Å². The van der Waals surface area contributed by atoms with E-state index in [4.69, 9.17) is 24.2 Å². The highest BCUT2D eigenvalue weighted by Gasteiger charge is 2.41. The molecule has 4 aromatic rings. The van der Waals surface area contributed by atoms with Gasteiger partial charge in [0.05, 0.1) is 53.5 Å². The quantitative estimate of drug-likeness (QED) is 0.153. The van der Waals surface area contributed by atoms with Crippen molar-refractivity contribution in [2.24, 2.45) is 21.8 Å². The Bertz CT molecular complexity index is 2690. The number of carbonyl (C=O) groups is 4. The van der Waals surface area contributed by atoms with Gasteiger partial charge in [0.1, 0.15) is 23.7 Å². The number of aromatic nitrogens is 2. The Kier molecular flexibility index (Phi) is 12.1. The fraction of sp³-hybridized carbons (Fsp3) is 0.438. The van der Waals surface area contributed by atoms with Crippen LogP contribution in [-0.2, 0) is 19.1 Å². The molecule has 5 atom stereocenters. The monoisotopic (exact) mass is 904 g/mol. The molecule has 0 spiro atoms. The van der Waals surface area contributed by atoms with E-state index in [2.05, 4.69) is 21.7 Å². The van der Waals surface area contributed by atoms with E-state index in [-0.39, 0.29) is 35.7 Å². The fourth-order valence-corrected chi connectivity index (χ4v) is 10.5. The maximum Gasteiger partial charge on any atom is 0.407 e. The van der Waals surface area contributed by atoms with Gasteiger partial charge in [-0.1, -0.05) is 33.8 Å². The number of thiazole rings is 1. The number of benzene rings is 2. The van der Waals surface area contributed by atoms with Gasteiger partial charge in [-0.3, -0.25) is 29.1 Å². The molecule has 4 amide bonds. The van der Waals surface area contributed by atoms with Gasteiger partial charge in [0.2, 0.25) is 18.0 Å². The van der Waals surface area contributed by atoms with Crippen molar-refractivity contribution < 1.29 is 37.8 Å². The summed E-state index contributed by atoms with van der Waals surface area (Å²) in [6.45, 7) is 8.69. The lowest BCUT2D eigenvalue weighted by Crippen LogP contribution is -2.53. The van der Waals surface area contributed by atoms with Gasteiger partial charge in [-0.25, -0.2) is 14.0 Å². The molecule has 15 nitrogen and oxygen atoms in total. The number of ether oxygens (including phenoxy) is 3. The lowest BCUT2D eigenvalue weighted by Gasteiger charge is -2.31. The van der Waals surface area contributed by atoms with Crippen LogP contribution in [0, 0.1) is 17.7 Å². The number of alkyl carbamates (subject to hydrolysis) is 2. The Morgan fingerprint density at radius 3 is 1.92 bits per heavy atom. The number of nitrogens with one attached hydrogen (secondary N) is 2. The maximum atomic E-state index is 16.8. The van der Waals surface area contributed by atoms with E-state index in [1.807, 2.05) is 67.6 Å². The first-order valence-electron chi connectivity index (χ1n) is 22.2. The van der Waals surface area contributed by atoms with Crippen molar-refractivity contribution in [3.8, 4) is 17.0 Å². The molecule has 0 radical (unpaired) electrons. The number of methoxy groups -OCH3 is 2. The molecule has 0 bridgehead atoms. The van der Waals surface area contributed by atoms with Gasteiger partial charge in [0.25, 0.3) is 0 Å². The molecule has 5 aliphatic rings. The normalized spacial score (nSPS) is 21.0. The van der Waals surface area contributed by atoms with Crippen molar-refractivity contribution in [3.05, 3.63) is 82.3 Å². The van der Waals surface area contributed by atoms with E-state index < -0.39 is 36.3 Å². The third-order valence-corrected chi connectivity index (χ3v) is 14.0. The van der Waals surface area contributed by atoms with E-state index in [9.17, 15) is 19.2 Å². The van der Waals surface area contributed by atoms with Crippen LogP contribution in [-0.4, -0.2) is 106 Å². The van der Waals surface area contributed by atoms with Gasteiger partial charge in [0.15, 0.2) is 0 Å². The van der Waals surface area contributed by atoms with Crippen molar-refractivity contribution >= 4 is 68.8 Å². The van der Waals surface area contributed by atoms with E-state index >= 15 is 4.39 Å². The van der Waals surface area contributed by atoms with Crippen molar-refractivity contribution in [3.63, 3.8) is 0 Å². The van der Waals surface area contributed by atoms with Gasteiger partial charge >= 0.3 is 12.2 Å². The summed E-state index contributed by atoms with van der Waals surface area (Å²) in [4.78, 5) is 70.2. The van der Waals surface area contributed by atoms with Crippen LogP contribution in [0.4, 0.5) is 14.0 Å². The summed E-state index contributed by atoms with van der Waals surface area (Å²) in [5.41, 5.74) is 8.83. The number of allylic oxidation sites excluding steroid dienone is 2. The molecule has 340 valence electrons. The van der Waals surface area contributed by atoms with Crippen molar-refractivity contribution in [1.82, 2.24) is 30.0 Å². The fourth-order valence-electron chi connectivity index (χ4n) is 9.86. The Balaban J connectivity index is 0.954. The average Bonchev–Trinajstić information content (AvgIpc) is 4.15. The van der Waals surface area contributed by atoms with Gasteiger partial charge in [-0.2, -0.15) is 0 Å². The highest BCUT2D eigenvalue weighted by molar-refractivity contribution is 7.09. The maximum absolute atomic E-state index is 16.8. The number of hydrogen-bond acceptors (Lipinski definition) is 11. The summed E-state index contributed by atoms with van der Waals surface area (Å²) in [5, 5.41) is 6.32. The van der Waals surface area contributed by atoms with Crippen LogP contribution in [0.1, 0.15) is 88.5 Å². The van der Waals surface area contributed by atoms with Crippen LogP contribution >= 0.6 is 11.3 Å². The first-order valence-corrected chi connectivity index (χ1v) is 23.1. The lowest BCUT2D eigenvalue weighted by atomic mass is 9.95. The highest BCUT2D eigenvalue weighted by Crippen LogP contribution is 2.48. The van der Waals surface area contributed by atoms with E-state index in [0.29, 0.717) is 48.5 Å². The molecule has 2 saturated heterocycles. The molecule has 2 aromatic heterocycles. The summed E-state index contributed by atoms with van der Waals surface area (Å²) >= 11 is 1.46. The molecule has 2 fully saturated rings. The molecule has 0 saturated carbocycles. The molecule has 2 N–H and O–H groups in total. The Morgan fingerprint density at radius 2 is 1.38 bits per heavy atom. The number of hydrogen-bond donors (Lipinski definition) is 2. The summed E-state index contributed by atoms with van der Waals surface area (Å²) in [6.07, 6.45) is 7.67. The summed E-state index contributed by atoms with van der Waals surface area (Å²) in [5.74, 6) is -0.629. The average molecular weight is 905 g/mol. The second kappa shape index (κ2) is 17.9. The van der Waals surface area contributed by atoms with E-state index in [1.54, 1.807) is 22.8 Å². The molecule has 1 unspecified atom stereocenters. The van der Waals surface area contributed by atoms with Gasteiger partial charge in [-0.05, 0) is 90.1 Å². The third-order valence-electron chi connectivity index (χ3n) is 13.2. The second-order valence-electron chi connectivity index (χ2n) is 17.9. The predicted octanol–water partition coefficient (Wildman–Crippen LogP) is 7.96. The van der Waals surface area contributed by atoms with E-state index in [0.717, 1.165) is 69.6 Å². The number of fused-ring (bicyclic) bond motifs is 5. The number of nitrogens with zero attached hydrogens (tertiary/aromatic N) is 6. The topological polar surface area (TPSA) is 169 Å². The first kappa shape index (κ1) is 43.9. The molecular formula is C48H53FN8O7S. The Morgan fingerprint density at radius 1 is 0.800 bits per heavy atom. The zero-order valence-electron chi connectivity index (χ0n) is 37.3. The highest BCUT2D eigenvalue weighted by atomic mass is 32.1. The number of rotatable bonds is 11. The molecule has 7 heterocycles. The first-order chi connectivity index (χ1) is 31.3. The predicted molar refractivity (Wildman–Crippen MR) is 246 cm³/mol. The smallest absolute Gasteiger partial charge is 0.407 e. The van der Waals surface area contributed by atoms with Crippen LogP contribution in [0.3, 0.4) is 0 Å². The number of amides is 4. The standard InChI is InChI=1S/C48H53FN8O7S/c1-25(2)42(53-47(60)62-5)44(58)55-13-7-9-36(55)33-17-30(21-51-33)27-11-12-35-29(15-27)19-38-41-32(49)16-28(20-39(41)64-46(57(35)38)40-23-50-24-65-40)31-18-34(52-22-31)37-10-8-14-56(37)45(59)43(26(3)4)54-48(61)63-6/h11-12,15-16,19-26,36-37,42-43,46H,7-10,13-14,17-18H2,1-6H3,(H,53,60)(H,54,61)/t36-,37-,42-,43-,46?/m0/s1. The second-order valence-corrected chi connectivity index (χ2v) is 18.8. The van der Waals surface area contributed by atoms with Crippen LogP contribution in [0.25, 0.3) is 33.3 Å². The molecule has 9 rings (SSSR count). The van der Waals surface area contributed by atoms with E-state index in [1.165, 1.54) is 31.6 Å². The summed E-state index contributed by atoms with van der Waals surface area (Å²) in [6, 6.07) is 9.73. The Labute approximate surface area is 380 Å². The minimum atomic E-state index is -0.741. The SMILES string of the molecule is COC(=O)N[C@H](C(=O)N1CCC[C@H]1C1=NC=C(c2cc(F)c3c(c2)OC(c2cncs2)n2c-3cc3cc(C4=CN=C([C@@H]5CCCN5C(=O)[C@@H](NC(=O)OC)C(C)C)C4)ccc32)C1)C(C)C. The lowest BCUT2D eigenvalue weighted by molar-refractivity contribution is -0.134. The van der Waals surface area contributed by atoms with Gasteiger partial charge in [-0.15, -0.1) is 11.3 Å². The number of carbonyl (C=O) groups excluding carboxylic acids is 4. The zero-order valence-corrected chi connectivity index (χ0v) is 38.1. The Hall–Kier alpha value is -6.36. The van der Waals surface area contributed by atoms with Crippen molar-refractivity contribution in [2.45, 2.75) is 96.6 Å². The molecule has 0 aliphatic carbocycles. The zero-order chi connectivity index (χ0) is 45.7. The summed E-state index contributed by atoms with van der Waals surface area (Å²) < 4.78 is 35.1. The molecular weight excluding hydrogens is 852 g/mol. The molecule has 17 heteroatoms. The molecule has 2 aromatic carbocycles. The third kappa shape index (κ3) is 8.19. The van der Waals surface area contributed by atoms with Crippen molar-refractivity contribution in [2.75, 3.05) is 27.3 Å². The van der Waals surface area contributed by atoms with Gasteiger partial charge in [0, 0.05) is 61.3 Å². The minimum Gasteiger partial charge on any atom is -0.464 e. The largest absolute Gasteiger partial charge is 0.464 e. The van der Waals surface area contributed by atoms with Crippen LogP contribution in [0.15, 0.2) is 70.5 Å². The number of halogens is 1. The van der Waals surface area contributed by atoms with Crippen LogP contribution in [0.5, 0.6) is 5.75 Å². The molecule has 65 heavy (non-hydrogen) atoms. The van der Waals surface area contributed by atoms with Crippen LogP contribution < -0.4 is 15.4 Å². The summed E-state index contributed by atoms with van der Waals surface area (Å²) in [7, 11) is 2.56. The number of aliphatic imine (C=N–C) groups is 2. The minimum absolute atomic E-state index is 0.130. The van der Waals surface area contributed by atoms with Crippen molar-refractivity contribution in [1.29, 1.82) is 0 Å². The number of likely N-dealkylation sites (tertiary alicyclic amines) is 2. The van der Waals surface area contributed by atoms with Gasteiger partial charge < -0.3 is 34.6 Å². The molecule has 5 aliphatic heterocycles.